The number of rotatable bonds is 6. The second-order valence-corrected chi connectivity index (χ2v) is 3.79. The standard InChI is InChI=1S/C14H17O3.Y/c1-11(2)14(15)17-10-4-9-16-13-7-5-12(3)6-8-13;/h4-8H,1,9-10H2,2-3H3;/q-1;+3. The van der Waals surface area contributed by atoms with Crippen molar-refractivity contribution in [1.82, 2.24) is 0 Å². The van der Waals surface area contributed by atoms with Crippen LogP contribution in [-0.2, 0) is 42.2 Å². The molecule has 0 amide bonds. The van der Waals surface area contributed by atoms with E-state index in [1.165, 1.54) is 5.56 Å². The van der Waals surface area contributed by atoms with Crippen LogP contribution in [0, 0.1) is 13.3 Å². The van der Waals surface area contributed by atoms with Crippen molar-refractivity contribution in [3.63, 3.8) is 0 Å². The van der Waals surface area contributed by atoms with Crippen LogP contribution in [0.1, 0.15) is 12.5 Å². The van der Waals surface area contributed by atoms with Crippen LogP contribution in [0.15, 0.2) is 36.4 Å². The fourth-order valence-electron chi connectivity index (χ4n) is 1.10. The summed E-state index contributed by atoms with van der Waals surface area (Å²) in [5.41, 5.74) is 1.59. The van der Waals surface area contributed by atoms with E-state index < -0.39 is 0 Å². The van der Waals surface area contributed by atoms with Gasteiger partial charge in [0.15, 0.2) is 0 Å². The Bertz CT molecular complexity index is 385. The summed E-state index contributed by atoms with van der Waals surface area (Å²) in [5, 5.41) is 0. The Kier molecular flexibility index (Phi) is 8.94. The molecule has 4 heteroatoms. The summed E-state index contributed by atoms with van der Waals surface area (Å²) >= 11 is 0. The number of ether oxygens (including phenoxy) is 2. The molecule has 0 fully saturated rings. The molecule has 0 spiro atoms. The summed E-state index contributed by atoms with van der Waals surface area (Å²) in [4.78, 5) is 11.0. The van der Waals surface area contributed by atoms with Gasteiger partial charge >= 0.3 is 38.7 Å². The zero-order valence-electron chi connectivity index (χ0n) is 10.8. The Balaban J connectivity index is 0.00000289. The predicted molar refractivity (Wildman–Crippen MR) is 66.7 cm³/mol. The van der Waals surface area contributed by atoms with E-state index in [4.69, 9.17) is 9.47 Å². The fourth-order valence-corrected chi connectivity index (χ4v) is 1.10. The molecule has 1 aromatic carbocycles. The number of hydrogen-bond acceptors (Lipinski definition) is 3. The van der Waals surface area contributed by atoms with E-state index in [2.05, 4.69) is 6.58 Å². The third kappa shape index (κ3) is 6.92. The first-order valence-corrected chi connectivity index (χ1v) is 5.43. The minimum atomic E-state index is -0.378. The largest absolute Gasteiger partial charge is 3.00 e. The summed E-state index contributed by atoms with van der Waals surface area (Å²) in [5.74, 6) is 0.426. The van der Waals surface area contributed by atoms with E-state index in [1.807, 2.05) is 31.2 Å². The van der Waals surface area contributed by atoms with Crippen molar-refractivity contribution >= 4 is 5.97 Å². The molecular weight excluding hydrogens is 305 g/mol. The SMILES string of the molecule is C=C(C)C(=O)OC[CH-]COc1ccc(C)cc1.[Y+3]. The van der Waals surface area contributed by atoms with Crippen LogP contribution >= 0.6 is 0 Å². The Morgan fingerprint density at radius 3 is 2.44 bits per heavy atom. The molecular formula is C14H17O3Y+2. The summed E-state index contributed by atoms with van der Waals surface area (Å²) < 4.78 is 10.3. The third-order valence-electron chi connectivity index (χ3n) is 2.07. The van der Waals surface area contributed by atoms with Gasteiger partial charge in [-0.3, -0.25) is 6.42 Å². The summed E-state index contributed by atoms with van der Waals surface area (Å²) in [7, 11) is 0. The normalized spacial score (nSPS) is 9.22. The molecule has 92 valence electrons. The molecule has 0 radical (unpaired) electrons. The zero-order valence-corrected chi connectivity index (χ0v) is 13.6. The molecule has 0 aliphatic heterocycles. The average molecular weight is 322 g/mol. The van der Waals surface area contributed by atoms with Crippen molar-refractivity contribution in [3.05, 3.63) is 48.4 Å². The molecule has 0 saturated carbocycles. The second kappa shape index (κ2) is 9.29. The topological polar surface area (TPSA) is 35.5 Å². The molecule has 0 bridgehead atoms. The number of aryl methyl sites for hydroxylation is 1. The molecule has 1 rings (SSSR count). The van der Waals surface area contributed by atoms with Crippen LogP contribution in [0.4, 0.5) is 0 Å². The van der Waals surface area contributed by atoms with Gasteiger partial charge in [0, 0.05) is 5.57 Å². The van der Waals surface area contributed by atoms with Crippen molar-refractivity contribution in [2.24, 2.45) is 0 Å². The molecule has 0 saturated heterocycles. The molecule has 0 unspecified atom stereocenters. The van der Waals surface area contributed by atoms with Crippen LogP contribution in [0.25, 0.3) is 0 Å². The number of carbonyl (C=O) groups excluding carboxylic acids is 1. The van der Waals surface area contributed by atoms with Gasteiger partial charge in [0.2, 0.25) is 0 Å². The molecule has 0 aromatic heterocycles. The monoisotopic (exact) mass is 322 g/mol. The van der Waals surface area contributed by atoms with Gasteiger partial charge in [-0.2, -0.15) is 0 Å². The van der Waals surface area contributed by atoms with Crippen molar-refractivity contribution in [1.29, 1.82) is 0 Å². The quantitative estimate of drug-likeness (QED) is 0.350. The molecule has 0 atom stereocenters. The van der Waals surface area contributed by atoms with E-state index in [1.54, 1.807) is 13.3 Å². The molecule has 18 heavy (non-hydrogen) atoms. The Labute approximate surface area is 133 Å². The van der Waals surface area contributed by atoms with Gasteiger partial charge in [-0.1, -0.05) is 24.3 Å². The number of hydrogen-bond donors (Lipinski definition) is 0. The van der Waals surface area contributed by atoms with Crippen molar-refractivity contribution in [2.75, 3.05) is 13.2 Å². The van der Waals surface area contributed by atoms with Gasteiger partial charge in [0.25, 0.3) is 0 Å². The minimum Gasteiger partial charge on any atom is -0.525 e. The summed E-state index contributed by atoms with van der Waals surface area (Å²) in [6.07, 6.45) is 1.75. The molecule has 0 heterocycles. The first-order valence-electron chi connectivity index (χ1n) is 5.43. The van der Waals surface area contributed by atoms with E-state index >= 15 is 0 Å². The summed E-state index contributed by atoms with van der Waals surface area (Å²) in [6.45, 7) is 7.77. The zero-order chi connectivity index (χ0) is 12.7. The van der Waals surface area contributed by atoms with Crippen LogP contribution in [-0.4, -0.2) is 19.2 Å². The third-order valence-corrected chi connectivity index (χ3v) is 2.07. The van der Waals surface area contributed by atoms with Gasteiger partial charge in [-0.25, -0.2) is 4.79 Å². The Morgan fingerprint density at radius 1 is 1.28 bits per heavy atom. The van der Waals surface area contributed by atoms with Crippen molar-refractivity contribution in [2.45, 2.75) is 13.8 Å². The maximum absolute atomic E-state index is 11.0. The van der Waals surface area contributed by atoms with E-state index in [0.717, 1.165) is 5.75 Å². The molecule has 1 aromatic rings. The average Bonchev–Trinajstić information content (AvgIpc) is 2.30. The number of carbonyl (C=O) groups is 1. The molecule has 0 aliphatic rings. The van der Waals surface area contributed by atoms with Crippen LogP contribution in [0.2, 0.25) is 0 Å². The van der Waals surface area contributed by atoms with Crippen LogP contribution in [0.3, 0.4) is 0 Å². The van der Waals surface area contributed by atoms with E-state index in [9.17, 15) is 4.79 Å². The van der Waals surface area contributed by atoms with Gasteiger partial charge in [0.1, 0.15) is 5.75 Å². The maximum Gasteiger partial charge on any atom is 3.00 e. The molecule has 0 aliphatic carbocycles. The van der Waals surface area contributed by atoms with Gasteiger partial charge in [0.05, 0.1) is 0 Å². The minimum absolute atomic E-state index is 0. The number of benzene rings is 1. The Hall–Kier alpha value is -0.666. The maximum atomic E-state index is 11.0. The predicted octanol–water partition coefficient (Wildman–Crippen LogP) is 2.69. The van der Waals surface area contributed by atoms with Gasteiger partial charge in [-0.05, 0) is 39.2 Å². The number of esters is 1. The molecule has 3 nitrogen and oxygen atoms in total. The first-order chi connectivity index (χ1) is 8.09. The first kappa shape index (κ1) is 17.3. The summed E-state index contributed by atoms with van der Waals surface area (Å²) in [6, 6.07) is 7.78. The smallest absolute Gasteiger partial charge is 0.525 e. The van der Waals surface area contributed by atoms with Crippen molar-refractivity contribution < 1.29 is 47.0 Å². The van der Waals surface area contributed by atoms with E-state index in [-0.39, 0.29) is 45.3 Å². The van der Waals surface area contributed by atoms with E-state index in [0.29, 0.717) is 12.2 Å². The molecule has 0 N–H and O–H groups in total. The van der Waals surface area contributed by atoms with Crippen molar-refractivity contribution in [3.8, 4) is 5.75 Å². The second-order valence-electron chi connectivity index (χ2n) is 3.79. The van der Waals surface area contributed by atoms with Crippen LogP contribution in [0.5, 0.6) is 5.75 Å². The van der Waals surface area contributed by atoms with Crippen LogP contribution < -0.4 is 4.74 Å². The van der Waals surface area contributed by atoms with Gasteiger partial charge in [-0.15, -0.1) is 0 Å². The fraction of sp³-hybridized carbons (Fsp3) is 0.286. The van der Waals surface area contributed by atoms with Gasteiger partial charge < -0.3 is 9.47 Å². The Morgan fingerprint density at radius 2 is 1.89 bits per heavy atom.